The lowest BCUT2D eigenvalue weighted by Crippen LogP contribution is -2.50. The van der Waals surface area contributed by atoms with Crippen LogP contribution in [0, 0.1) is 0 Å². The van der Waals surface area contributed by atoms with E-state index in [0.717, 1.165) is 43.6 Å². The summed E-state index contributed by atoms with van der Waals surface area (Å²) in [4.78, 5) is 44.8. The lowest BCUT2D eigenvalue weighted by atomic mass is 9.81. The van der Waals surface area contributed by atoms with Crippen molar-refractivity contribution in [2.75, 3.05) is 26.7 Å². The second kappa shape index (κ2) is 8.44. The first-order valence-corrected chi connectivity index (χ1v) is 11.4. The minimum atomic E-state index is -0.747. The van der Waals surface area contributed by atoms with Crippen LogP contribution in [0.2, 0.25) is 0 Å². The Hall–Kier alpha value is -1.93. The topological polar surface area (TPSA) is 70.2 Å². The van der Waals surface area contributed by atoms with Crippen molar-refractivity contribution in [3.63, 3.8) is 0 Å². The molecule has 1 aliphatic carbocycles. The Kier molecular flexibility index (Phi) is 5.92. The second-order valence-electron chi connectivity index (χ2n) is 8.31. The van der Waals surface area contributed by atoms with Crippen LogP contribution in [0.25, 0.3) is 0 Å². The van der Waals surface area contributed by atoms with Gasteiger partial charge in [-0.2, -0.15) is 0 Å². The van der Waals surface area contributed by atoms with Crippen molar-refractivity contribution in [1.82, 2.24) is 14.7 Å². The number of hydrogen-bond acceptors (Lipinski definition) is 5. The molecule has 1 aromatic heterocycles. The Labute approximate surface area is 175 Å². The number of urea groups is 1. The number of carbonyl (C=O) groups is 3. The van der Waals surface area contributed by atoms with E-state index in [9.17, 15) is 14.4 Å². The average Bonchev–Trinajstić information content (AvgIpc) is 3.47. The lowest BCUT2D eigenvalue weighted by Gasteiger charge is -2.35. The summed E-state index contributed by atoms with van der Waals surface area (Å²) in [5.41, 5.74) is -0.747. The number of ether oxygens (including phenoxy) is 1. The van der Waals surface area contributed by atoms with Crippen LogP contribution in [0.5, 0.6) is 0 Å². The predicted octanol–water partition coefficient (Wildman–Crippen LogP) is 2.85. The summed E-state index contributed by atoms with van der Waals surface area (Å²) in [5.74, 6) is -0.400. The molecule has 1 saturated carbocycles. The van der Waals surface area contributed by atoms with Gasteiger partial charge in [-0.05, 0) is 37.1 Å². The van der Waals surface area contributed by atoms with Gasteiger partial charge in [0.1, 0.15) is 12.1 Å². The predicted molar refractivity (Wildman–Crippen MR) is 109 cm³/mol. The number of rotatable bonds is 6. The van der Waals surface area contributed by atoms with E-state index in [4.69, 9.17) is 4.74 Å². The highest BCUT2D eigenvalue weighted by atomic mass is 32.1. The van der Waals surface area contributed by atoms with Gasteiger partial charge in [0.25, 0.3) is 5.91 Å². The molecule has 3 heterocycles. The number of amides is 4. The first-order chi connectivity index (χ1) is 14.0. The molecule has 0 bridgehead atoms. The molecule has 3 aliphatic rings. The van der Waals surface area contributed by atoms with E-state index in [0.29, 0.717) is 25.9 Å². The summed E-state index contributed by atoms with van der Waals surface area (Å²) in [6.07, 6.45) is 6.30. The summed E-state index contributed by atoms with van der Waals surface area (Å²) >= 11 is 1.60. The van der Waals surface area contributed by atoms with E-state index in [2.05, 4.69) is 0 Å². The van der Waals surface area contributed by atoms with Crippen LogP contribution < -0.4 is 0 Å². The number of hydrogen-bond donors (Lipinski definition) is 0. The van der Waals surface area contributed by atoms with Crippen LogP contribution >= 0.6 is 11.3 Å². The molecular formula is C21H29N3O4S. The average molecular weight is 420 g/mol. The first kappa shape index (κ1) is 20.3. The lowest BCUT2D eigenvalue weighted by molar-refractivity contribution is -0.141. The quantitative estimate of drug-likeness (QED) is 0.665. The third-order valence-electron chi connectivity index (χ3n) is 6.50. The Morgan fingerprint density at radius 3 is 2.72 bits per heavy atom. The van der Waals surface area contributed by atoms with E-state index in [1.165, 1.54) is 4.90 Å². The van der Waals surface area contributed by atoms with Crippen molar-refractivity contribution in [2.24, 2.45) is 0 Å². The van der Waals surface area contributed by atoms with Gasteiger partial charge in [0, 0.05) is 25.1 Å². The van der Waals surface area contributed by atoms with Crippen molar-refractivity contribution < 1.29 is 19.1 Å². The van der Waals surface area contributed by atoms with Crippen LogP contribution in [0.3, 0.4) is 0 Å². The standard InChI is InChI=1S/C21H29N3O4S/c1-22-20(27)24(19(26)21(22)9-3-2-4-10-21)15-18(25)23(13-16-7-5-11-28-16)14-17-8-6-12-29-17/h6,8,12,16H,2-5,7,9-11,13-15H2,1H3. The zero-order valence-electron chi connectivity index (χ0n) is 17.0. The zero-order valence-corrected chi connectivity index (χ0v) is 17.8. The highest BCUT2D eigenvalue weighted by Crippen LogP contribution is 2.39. The highest BCUT2D eigenvalue weighted by Gasteiger charge is 2.56. The maximum Gasteiger partial charge on any atom is 0.327 e. The molecule has 0 aromatic carbocycles. The van der Waals surface area contributed by atoms with E-state index in [1.54, 1.807) is 28.2 Å². The van der Waals surface area contributed by atoms with E-state index in [-0.39, 0.29) is 30.5 Å². The third-order valence-corrected chi connectivity index (χ3v) is 7.37. The molecule has 158 valence electrons. The summed E-state index contributed by atoms with van der Waals surface area (Å²) in [5, 5.41) is 1.99. The van der Waals surface area contributed by atoms with Gasteiger partial charge in [-0.3, -0.25) is 14.5 Å². The fourth-order valence-electron chi connectivity index (χ4n) is 4.79. The molecule has 1 spiro atoms. The molecular weight excluding hydrogens is 390 g/mol. The molecule has 8 heteroatoms. The monoisotopic (exact) mass is 419 g/mol. The first-order valence-electron chi connectivity index (χ1n) is 10.5. The van der Waals surface area contributed by atoms with Crippen molar-refractivity contribution in [2.45, 2.75) is 63.1 Å². The van der Waals surface area contributed by atoms with Crippen molar-refractivity contribution in [3.8, 4) is 0 Å². The number of nitrogens with zero attached hydrogens (tertiary/aromatic N) is 3. The third kappa shape index (κ3) is 3.92. The molecule has 1 unspecified atom stereocenters. The fraction of sp³-hybridized carbons (Fsp3) is 0.667. The van der Waals surface area contributed by atoms with Gasteiger partial charge in [0.05, 0.1) is 12.6 Å². The van der Waals surface area contributed by atoms with Crippen LogP contribution in [-0.2, 0) is 20.9 Å². The van der Waals surface area contributed by atoms with Gasteiger partial charge < -0.3 is 14.5 Å². The van der Waals surface area contributed by atoms with Crippen LogP contribution in [0.4, 0.5) is 4.79 Å². The maximum atomic E-state index is 13.2. The Morgan fingerprint density at radius 1 is 1.28 bits per heavy atom. The van der Waals surface area contributed by atoms with Gasteiger partial charge in [-0.25, -0.2) is 4.79 Å². The Bertz CT molecular complexity index is 754. The summed E-state index contributed by atoms with van der Waals surface area (Å²) in [7, 11) is 1.70. The van der Waals surface area contributed by atoms with E-state index < -0.39 is 5.54 Å². The number of thiophene rings is 1. The molecule has 0 radical (unpaired) electrons. The molecule has 2 aliphatic heterocycles. The molecule has 2 saturated heterocycles. The molecule has 1 atom stereocenters. The maximum absolute atomic E-state index is 13.2. The van der Waals surface area contributed by atoms with Gasteiger partial charge in [0.15, 0.2) is 0 Å². The Morgan fingerprint density at radius 2 is 2.07 bits per heavy atom. The summed E-state index contributed by atoms with van der Waals surface area (Å²) in [6, 6.07) is 3.61. The smallest absolute Gasteiger partial charge is 0.327 e. The minimum Gasteiger partial charge on any atom is -0.376 e. The highest BCUT2D eigenvalue weighted by molar-refractivity contribution is 7.09. The van der Waals surface area contributed by atoms with Crippen LogP contribution in [-0.4, -0.2) is 70.9 Å². The summed E-state index contributed by atoms with van der Waals surface area (Å²) in [6.45, 7) is 1.51. The molecule has 3 fully saturated rings. The van der Waals surface area contributed by atoms with E-state index >= 15 is 0 Å². The molecule has 29 heavy (non-hydrogen) atoms. The molecule has 4 rings (SSSR count). The van der Waals surface area contributed by atoms with Crippen molar-refractivity contribution in [3.05, 3.63) is 22.4 Å². The van der Waals surface area contributed by atoms with Gasteiger partial charge in [-0.15, -0.1) is 11.3 Å². The van der Waals surface area contributed by atoms with Gasteiger partial charge in [0.2, 0.25) is 5.91 Å². The fourth-order valence-corrected chi connectivity index (χ4v) is 5.51. The van der Waals surface area contributed by atoms with Gasteiger partial charge in [-0.1, -0.05) is 25.3 Å². The SMILES string of the molecule is CN1C(=O)N(CC(=O)N(Cc2cccs2)CC2CCCO2)C(=O)C12CCCCC2. The normalized spacial score (nSPS) is 24.0. The number of imide groups is 1. The second-order valence-corrected chi connectivity index (χ2v) is 9.35. The van der Waals surface area contributed by atoms with Crippen molar-refractivity contribution >= 4 is 29.2 Å². The molecule has 1 aromatic rings. The molecule has 7 nitrogen and oxygen atoms in total. The van der Waals surface area contributed by atoms with E-state index in [1.807, 2.05) is 17.5 Å². The van der Waals surface area contributed by atoms with Crippen molar-refractivity contribution in [1.29, 1.82) is 0 Å². The summed E-state index contributed by atoms with van der Waals surface area (Å²) < 4.78 is 5.73. The largest absolute Gasteiger partial charge is 0.376 e. The van der Waals surface area contributed by atoms with Crippen LogP contribution in [0.1, 0.15) is 49.8 Å². The molecule has 0 N–H and O–H groups in total. The molecule has 4 amide bonds. The van der Waals surface area contributed by atoms with Gasteiger partial charge >= 0.3 is 6.03 Å². The minimum absolute atomic E-state index is 0.0243. The Balaban J connectivity index is 1.48. The van der Waals surface area contributed by atoms with Crippen LogP contribution in [0.15, 0.2) is 17.5 Å². The number of likely N-dealkylation sites (N-methyl/N-ethyl adjacent to an activating group) is 1. The zero-order chi connectivity index (χ0) is 20.4. The number of carbonyl (C=O) groups excluding carboxylic acids is 3.